The first-order chi connectivity index (χ1) is 9.21. The third-order valence-corrected chi connectivity index (χ3v) is 3.88. The van der Waals surface area contributed by atoms with Crippen molar-refractivity contribution < 1.29 is 4.79 Å². The van der Waals surface area contributed by atoms with Crippen molar-refractivity contribution >= 4 is 23.1 Å². The van der Waals surface area contributed by atoms with E-state index in [4.69, 9.17) is 18.0 Å². The van der Waals surface area contributed by atoms with Crippen LogP contribution in [0.4, 0.5) is 0 Å². The van der Waals surface area contributed by atoms with Crippen LogP contribution in [0.25, 0.3) is 0 Å². The maximum absolute atomic E-state index is 12.4. The molecule has 1 rings (SSSR count). The molecule has 0 fully saturated rings. The van der Waals surface area contributed by atoms with Gasteiger partial charge in [-0.05, 0) is 24.3 Å². The molecule has 1 aromatic carbocycles. The van der Waals surface area contributed by atoms with Crippen molar-refractivity contribution in [3.8, 4) is 0 Å². The van der Waals surface area contributed by atoms with Gasteiger partial charge in [-0.15, -0.1) is 0 Å². The number of rotatable bonds is 5. The van der Waals surface area contributed by atoms with E-state index >= 15 is 0 Å². The number of carbonyl (C=O) groups excluding carboxylic acids is 1. The quantitative estimate of drug-likeness (QED) is 0.820. The maximum Gasteiger partial charge on any atom is 0.230 e. The molecule has 110 valence electrons. The summed E-state index contributed by atoms with van der Waals surface area (Å²) in [5, 5.41) is 3.02. The van der Waals surface area contributed by atoms with Crippen molar-refractivity contribution in [1.29, 1.82) is 0 Å². The molecule has 0 aliphatic rings. The number of benzene rings is 1. The second-order valence-electron chi connectivity index (χ2n) is 6.24. The van der Waals surface area contributed by atoms with Crippen molar-refractivity contribution in [1.82, 2.24) is 5.32 Å². The number of carbonyl (C=O) groups is 1. The van der Waals surface area contributed by atoms with Crippen molar-refractivity contribution in [2.45, 2.75) is 40.2 Å². The Balaban J connectivity index is 2.77. The molecule has 0 aliphatic carbocycles. The zero-order valence-corrected chi connectivity index (χ0v) is 13.5. The summed E-state index contributed by atoms with van der Waals surface area (Å²) < 4.78 is 0. The van der Waals surface area contributed by atoms with Gasteiger partial charge in [0.2, 0.25) is 5.91 Å². The van der Waals surface area contributed by atoms with Gasteiger partial charge in [-0.25, -0.2) is 0 Å². The number of hydrogen-bond donors (Lipinski definition) is 2. The Morgan fingerprint density at radius 1 is 1.30 bits per heavy atom. The van der Waals surface area contributed by atoms with E-state index in [1.54, 1.807) is 0 Å². The van der Waals surface area contributed by atoms with E-state index in [0.29, 0.717) is 6.42 Å². The smallest absolute Gasteiger partial charge is 0.230 e. The van der Waals surface area contributed by atoms with Crippen LogP contribution in [0, 0.1) is 11.3 Å². The standard InChI is InChI=1S/C16H24N2OS/c1-11(16(2,3)4)18-15(19)13(14(17)20)10-12-8-6-5-7-9-12/h5-9,11,13H,10H2,1-4H3,(H2,17,20)(H,18,19). The van der Waals surface area contributed by atoms with Gasteiger partial charge in [-0.3, -0.25) is 4.79 Å². The van der Waals surface area contributed by atoms with Crippen molar-refractivity contribution in [3.05, 3.63) is 35.9 Å². The van der Waals surface area contributed by atoms with Gasteiger partial charge < -0.3 is 11.1 Å². The molecule has 3 nitrogen and oxygen atoms in total. The SMILES string of the molecule is CC(NC(=O)C(Cc1ccccc1)C(N)=S)C(C)(C)C. The maximum atomic E-state index is 12.4. The lowest BCUT2D eigenvalue weighted by atomic mass is 9.87. The Labute approximate surface area is 126 Å². The average molecular weight is 292 g/mol. The Hall–Kier alpha value is -1.42. The summed E-state index contributed by atoms with van der Waals surface area (Å²) in [6.45, 7) is 8.26. The molecule has 0 saturated carbocycles. The summed E-state index contributed by atoms with van der Waals surface area (Å²) in [5.41, 5.74) is 6.80. The number of amides is 1. The van der Waals surface area contributed by atoms with E-state index in [0.717, 1.165) is 5.56 Å². The predicted octanol–water partition coefficient (Wildman–Crippen LogP) is 2.68. The van der Waals surface area contributed by atoms with Crippen LogP contribution < -0.4 is 11.1 Å². The van der Waals surface area contributed by atoms with Gasteiger partial charge in [0.25, 0.3) is 0 Å². The van der Waals surface area contributed by atoms with Gasteiger partial charge in [0.05, 0.1) is 10.9 Å². The Kier molecular flexibility index (Phi) is 5.69. The van der Waals surface area contributed by atoms with Gasteiger partial charge in [0.1, 0.15) is 0 Å². The number of hydrogen-bond acceptors (Lipinski definition) is 2. The zero-order valence-electron chi connectivity index (χ0n) is 12.6. The molecular weight excluding hydrogens is 268 g/mol. The van der Waals surface area contributed by atoms with Crippen LogP contribution in [-0.4, -0.2) is 16.9 Å². The molecule has 1 aromatic rings. The van der Waals surface area contributed by atoms with E-state index in [2.05, 4.69) is 26.1 Å². The van der Waals surface area contributed by atoms with E-state index in [1.165, 1.54) is 0 Å². The summed E-state index contributed by atoms with van der Waals surface area (Å²) in [6.07, 6.45) is 0.541. The minimum atomic E-state index is -0.461. The van der Waals surface area contributed by atoms with Gasteiger partial charge in [0.15, 0.2) is 0 Å². The molecule has 20 heavy (non-hydrogen) atoms. The highest BCUT2D eigenvalue weighted by Gasteiger charge is 2.27. The van der Waals surface area contributed by atoms with E-state index in [9.17, 15) is 4.79 Å². The molecule has 2 atom stereocenters. The summed E-state index contributed by atoms with van der Waals surface area (Å²) >= 11 is 5.06. The summed E-state index contributed by atoms with van der Waals surface area (Å²) in [6, 6.07) is 9.85. The molecule has 1 amide bonds. The van der Waals surface area contributed by atoms with Gasteiger partial charge >= 0.3 is 0 Å². The first-order valence-electron chi connectivity index (χ1n) is 6.85. The Bertz CT molecular complexity index is 465. The zero-order chi connectivity index (χ0) is 15.3. The largest absolute Gasteiger partial charge is 0.393 e. The summed E-state index contributed by atoms with van der Waals surface area (Å²) in [4.78, 5) is 12.6. The van der Waals surface area contributed by atoms with Gasteiger partial charge in [-0.1, -0.05) is 63.3 Å². The van der Waals surface area contributed by atoms with Gasteiger partial charge in [0, 0.05) is 6.04 Å². The van der Waals surface area contributed by atoms with E-state index in [-0.39, 0.29) is 22.4 Å². The van der Waals surface area contributed by atoms with Crippen LogP contribution in [0.2, 0.25) is 0 Å². The highest BCUT2D eigenvalue weighted by molar-refractivity contribution is 7.80. The second kappa shape index (κ2) is 6.84. The minimum absolute atomic E-state index is 0.00315. The third kappa shape index (κ3) is 4.93. The molecule has 4 heteroatoms. The molecule has 0 heterocycles. The van der Waals surface area contributed by atoms with Crippen LogP contribution in [-0.2, 0) is 11.2 Å². The third-order valence-electron chi connectivity index (χ3n) is 3.60. The first kappa shape index (κ1) is 16.6. The normalized spacial score (nSPS) is 14.4. The topological polar surface area (TPSA) is 55.1 Å². The predicted molar refractivity (Wildman–Crippen MR) is 87.5 cm³/mol. The Morgan fingerprint density at radius 2 is 1.85 bits per heavy atom. The summed E-state index contributed by atoms with van der Waals surface area (Å²) in [7, 11) is 0. The first-order valence-corrected chi connectivity index (χ1v) is 7.26. The van der Waals surface area contributed by atoms with Crippen LogP contribution in [0.15, 0.2) is 30.3 Å². The van der Waals surface area contributed by atoms with Crippen LogP contribution in [0.5, 0.6) is 0 Å². The number of thiocarbonyl (C=S) groups is 1. The number of nitrogens with two attached hydrogens (primary N) is 1. The highest BCUT2D eigenvalue weighted by Crippen LogP contribution is 2.19. The van der Waals surface area contributed by atoms with Gasteiger partial charge in [-0.2, -0.15) is 0 Å². The molecule has 0 bridgehead atoms. The average Bonchev–Trinajstić information content (AvgIpc) is 2.35. The molecule has 0 aromatic heterocycles. The molecular formula is C16H24N2OS. The minimum Gasteiger partial charge on any atom is -0.393 e. The summed E-state index contributed by atoms with van der Waals surface area (Å²) in [5.74, 6) is -0.555. The fourth-order valence-corrected chi connectivity index (χ4v) is 1.89. The molecule has 0 radical (unpaired) electrons. The molecule has 3 N–H and O–H groups in total. The van der Waals surface area contributed by atoms with Crippen LogP contribution in [0.3, 0.4) is 0 Å². The van der Waals surface area contributed by atoms with E-state index < -0.39 is 5.92 Å². The lowest BCUT2D eigenvalue weighted by molar-refractivity contribution is -0.124. The number of nitrogens with one attached hydrogen (secondary N) is 1. The van der Waals surface area contributed by atoms with Crippen molar-refractivity contribution in [2.75, 3.05) is 0 Å². The molecule has 0 spiro atoms. The fourth-order valence-electron chi connectivity index (χ4n) is 1.70. The van der Waals surface area contributed by atoms with Crippen molar-refractivity contribution in [3.63, 3.8) is 0 Å². The molecule has 2 unspecified atom stereocenters. The van der Waals surface area contributed by atoms with Crippen LogP contribution >= 0.6 is 12.2 Å². The van der Waals surface area contributed by atoms with Crippen molar-refractivity contribution in [2.24, 2.45) is 17.1 Å². The fraction of sp³-hybridized carbons (Fsp3) is 0.500. The lowest BCUT2D eigenvalue weighted by Crippen LogP contribution is -2.47. The van der Waals surface area contributed by atoms with Crippen LogP contribution in [0.1, 0.15) is 33.3 Å². The Morgan fingerprint density at radius 3 is 2.30 bits per heavy atom. The second-order valence-corrected chi connectivity index (χ2v) is 6.71. The lowest BCUT2D eigenvalue weighted by Gasteiger charge is -2.29. The molecule has 0 saturated heterocycles. The van der Waals surface area contributed by atoms with E-state index in [1.807, 2.05) is 37.3 Å². The monoisotopic (exact) mass is 292 g/mol. The highest BCUT2D eigenvalue weighted by atomic mass is 32.1. The molecule has 0 aliphatic heterocycles.